The highest BCUT2D eigenvalue weighted by Crippen LogP contribution is 2.40. The number of ether oxygens (including phenoxy) is 1. The number of methoxy groups -OCH3 is 1. The molecule has 156 valence electrons. The zero-order valence-electron chi connectivity index (χ0n) is 17.1. The highest BCUT2D eigenvalue weighted by atomic mass is 35.5. The van der Waals surface area contributed by atoms with Crippen LogP contribution in [-0.2, 0) is 4.79 Å². The van der Waals surface area contributed by atoms with E-state index in [-0.39, 0.29) is 29.9 Å². The molecule has 0 saturated heterocycles. The molecule has 0 aliphatic carbocycles. The Labute approximate surface area is 180 Å². The number of anilines is 2. The third-order valence-electron chi connectivity index (χ3n) is 5.23. The molecule has 2 heterocycles. The number of rotatable bonds is 5. The first-order valence-electron chi connectivity index (χ1n) is 9.88. The molecule has 0 saturated carbocycles. The minimum atomic E-state index is -0.162. The molecule has 8 heteroatoms. The van der Waals surface area contributed by atoms with Gasteiger partial charge in [-0.1, -0.05) is 55.8 Å². The van der Waals surface area contributed by atoms with E-state index in [1.165, 1.54) is 0 Å². The summed E-state index contributed by atoms with van der Waals surface area (Å²) in [6.07, 6.45) is 0.726. The molecule has 0 bridgehead atoms. The lowest BCUT2D eigenvalue weighted by Crippen LogP contribution is -2.28. The zero-order chi connectivity index (χ0) is 21.3. The largest absolute Gasteiger partial charge is 0.497 e. The number of halogens is 1. The van der Waals surface area contributed by atoms with Crippen molar-refractivity contribution in [1.82, 2.24) is 14.8 Å². The number of carbonyl (C=O) groups is 1. The zero-order valence-corrected chi connectivity index (χ0v) is 17.8. The maximum atomic E-state index is 12.1. The molecule has 1 aliphatic rings. The number of aromatic nitrogens is 3. The summed E-state index contributed by atoms with van der Waals surface area (Å²) in [6, 6.07) is 15.6. The number of nitrogens with zero attached hydrogens (tertiary/aromatic N) is 3. The molecule has 0 spiro atoms. The second-order valence-electron chi connectivity index (χ2n) is 7.59. The van der Waals surface area contributed by atoms with Crippen LogP contribution < -0.4 is 15.4 Å². The highest BCUT2D eigenvalue weighted by molar-refractivity contribution is 6.31. The van der Waals surface area contributed by atoms with Crippen molar-refractivity contribution in [2.45, 2.75) is 32.4 Å². The number of hydrogen-bond donors (Lipinski definition) is 2. The van der Waals surface area contributed by atoms with Gasteiger partial charge in [-0.2, -0.15) is 4.98 Å². The summed E-state index contributed by atoms with van der Waals surface area (Å²) in [7, 11) is 1.65. The van der Waals surface area contributed by atoms with E-state index >= 15 is 0 Å². The van der Waals surface area contributed by atoms with E-state index in [4.69, 9.17) is 16.3 Å². The number of benzene rings is 2. The van der Waals surface area contributed by atoms with Crippen LogP contribution in [0.25, 0.3) is 0 Å². The first-order valence-corrected chi connectivity index (χ1v) is 10.3. The van der Waals surface area contributed by atoms with Crippen LogP contribution >= 0.6 is 11.6 Å². The molecule has 1 aliphatic heterocycles. The highest BCUT2D eigenvalue weighted by Gasteiger charge is 2.32. The Hall–Kier alpha value is -3.06. The lowest BCUT2D eigenvalue weighted by Gasteiger charge is -2.32. The van der Waals surface area contributed by atoms with Crippen molar-refractivity contribution >= 4 is 29.4 Å². The van der Waals surface area contributed by atoms with Gasteiger partial charge in [0.1, 0.15) is 5.75 Å². The van der Waals surface area contributed by atoms with E-state index in [0.29, 0.717) is 11.0 Å². The average molecular weight is 426 g/mol. The summed E-state index contributed by atoms with van der Waals surface area (Å²) < 4.78 is 7.08. The van der Waals surface area contributed by atoms with Crippen molar-refractivity contribution in [3.05, 3.63) is 64.7 Å². The van der Waals surface area contributed by atoms with Crippen LogP contribution in [0.1, 0.15) is 43.5 Å². The third-order valence-corrected chi connectivity index (χ3v) is 5.57. The second kappa shape index (κ2) is 8.36. The third kappa shape index (κ3) is 3.98. The molecule has 2 atom stereocenters. The van der Waals surface area contributed by atoms with Crippen LogP contribution in [0.4, 0.5) is 11.9 Å². The molecule has 4 rings (SSSR count). The van der Waals surface area contributed by atoms with Gasteiger partial charge in [0.15, 0.2) is 0 Å². The van der Waals surface area contributed by atoms with Crippen molar-refractivity contribution in [3.63, 3.8) is 0 Å². The first-order chi connectivity index (χ1) is 14.5. The molecule has 0 radical (unpaired) electrons. The average Bonchev–Trinajstić information content (AvgIpc) is 3.16. The van der Waals surface area contributed by atoms with Crippen LogP contribution in [-0.4, -0.2) is 27.8 Å². The Morgan fingerprint density at radius 3 is 2.63 bits per heavy atom. The summed E-state index contributed by atoms with van der Waals surface area (Å²) in [5.41, 5.74) is 2.07. The van der Waals surface area contributed by atoms with E-state index in [1.54, 1.807) is 11.8 Å². The van der Waals surface area contributed by atoms with Crippen molar-refractivity contribution in [2.75, 3.05) is 17.7 Å². The van der Waals surface area contributed by atoms with Crippen LogP contribution in [0.5, 0.6) is 5.75 Å². The maximum absolute atomic E-state index is 12.1. The van der Waals surface area contributed by atoms with Gasteiger partial charge in [0.05, 0.1) is 19.2 Å². The lowest BCUT2D eigenvalue weighted by molar-refractivity contribution is -0.118. The number of carbonyl (C=O) groups excluding carboxylic acids is 1. The van der Waals surface area contributed by atoms with E-state index < -0.39 is 0 Å². The fourth-order valence-electron chi connectivity index (χ4n) is 3.54. The minimum absolute atomic E-state index is 0.00234. The van der Waals surface area contributed by atoms with Crippen molar-refractivity contribution in [2.24, 2.45) is 5.92 Å². The van der Waals surface area contributed by atoms with Gasteiger partial charge in [-0.05, 0) is 35.7 Å². The summed E-state index contributed by atoms with van der Waals surface area (Å²) >= 11 is 6.52. The van der Waals surface area contributed by atoms with Gasteiger partial charge in [-0.3, -0.25) is 10.1 Å². The molecule has 1 aromatic heterocycles. The predicted molar refractivity (Wildman–Crippen MR) is 117 cm³/mol. The van der Waals surface area contributed by atoms with Gasteiger partial charge in [-0.15, -0.1) is 5.10 Å². The SMILES string of the molecule is COc1ccc([C@@H]2C[C@@H](c3ccccc3Cl)n3nc(NC(=O)C(C)C)nc3N2)cc1. The maximum Gasteiger partial charge on any atom is 0.250 e. The Morgan fingerprint density at radius 2 is 1.97 bits per heavy atom. The normalized spacial score (nSPS) is 17.9. The van der Waals surface area contributed by atoms with Gasteiger partial charge >= 0.3 is 0 Å². The smallest absolute Gasteiger partial charge is 0.250 e. The second-order valence-corrected chi connectivity index (χ2v) is 8.00. The Morgan fingerprint density at radius 1 is 1.23 bits per heavy atom. The number of fused-ring (bicyclic) bond motifs is 1. The molecule has 3 aromatic rings. The molecule has 30 heavy (non-hydrogen) atoms. The topological polar surface area (TPSA) is 81.1 Å². The Balaban J connectivity index is 1.72. The Kier molecular flexibility index (Phi) is 5.63. The first kappa shape index (κ1) is 20.2. The minimum Gasteiger partial charge on any atom is -0.497 e. The summed E-state index contributed by atoms with van der Waals surface area (Å²) in [4.78, 5) is 16.7. The lowest BCUT2D eigenvalue weighted by atomic mass is 9.93. The molecule has 2 N–H and O–H groups in total. The van der Waals surface area contributed by atoms with Gasteiger partial charge in [0.25, 0.3) is 5.95 Å². The number of amides is 1. The van der Waals surface area contributed by atoms with Gasteiger partial charge in [0.2, 0.25) is 11.9 Å². The van der Waals surface area contributed by atoms with Gasteiger partial charge in [0, 0.05) is 10.9 Å². The molecule has 0 fully saturated rings. The molecule has 1 amide bonds. The van der Waals surface area contributed by atoms with E-state index in [1.807, 2.05) is 62.4 Å². The molecular weight excluding hydrogens is 402 g/mol. The monoisotopic (exact) mass is 425 g/mol. The molecule has 7 nitrogen and oxygen atoms in total. The number of nitrogens with one attached hydrogen (secondary N) is 2. The quantitative estimate of drug-likeness (QED) is 0.620. The number of hydrogen-bond acceptors (Lipinski definition) is 5. The fraction of sp³-hybridized carbons (Fsp3) is 0.318. The summed E-state index contributed by atoms with van der Waals surface area (Å²) in [5, 5.41) is 11.5. The summed E-state index contributed by atoms with van der Waals surface area (Å²) in [5.74, 6) is 1.39. The fourth-order valence-corrected chi connectivity index (χ4v) is 3.81. The summed E-state index contributed by atoms with van der Waals surface area (Å²) in [6.45, 7) is 3.66. The molecule has 2 aromatic carbocycles. The standard InChI is InChI=1S/C22H24ClN5O2/c1-13(2)20(29)25-21-26-22-24-18(14-8-10-15(30-3)11-9-14)12-19(28(22)27-21)16-6-4-5-7-17(16)23/h4-11,13,18-19H,12H2,1-3H3,(H2,24,25,26,27,29)/t18-,19-/m0/s1. The van der Waals surface area contributed by atoms with E-state index in [0.717, 1.165) is 23.3 Å². The van der Waals surface area contributed by atoms with Crippen LogP contribution in [0.15, 0.2) is 48.5 Å². The van der Waals surface area contributed by atoms with Crippen molar-refractivity contribution in [3.8, 4) is 5.75 Å². The van der Waals surface area contributed by atoms with E-state index in [9.17, 15) is 4.79 Å². The van der Waals surface area contributed by atoms with Crippen molar-refractivity contribution in [1.29, 1.82) is 0 Å². The van der Waals surface area contributed by atoms with Gasteiger partial charge in [-0.25, -0.2) is 4.68 Å². The van der Waals surface area contributed by atoms with Crippen LogP contribution in [0.2, 0.25) is 5.02 Å². The Bertz CT molecular complexity index is 1050. The predicted octanol–water partition coefficient (Wildman–Crippen LogP) is 4.68. The van der Waals surface area contributed by atoms with Crippen LogP contribution in [0, 0.1) is 5.92 Å². The van der Waals surface area contributed by atoms with Crippen molar-refractivity contribution < 1.29 is 9.53 Å². The van der Waals surface area contributed by atoms with Gasteiger partial charge < -0.3 is 10.1 Å². The van der Waals surface area contributed by atoms with Crippen LogP contribution in [0.3, 0.4) is 0 Å². The van der Waals surface area contributed by atoms with E-state index in [2.05, 4.69) is 20.7 Å². The molecule has 0 unspecified atom stereocenters. The molecular formula is C22H24ClN5O2.